The maximum absolute atomic E-state index is 5.66. The highest BCUT2D eigenvalue weighted by Crippen LogP contribution is 2.28. The number of hydrogen-bond acceptors (Lipinski definition) is 2. The minimum Gasteiger partial charge on any atom is -0.347 e. The van der Waals surface area contributed by atoms with Crippen LogP contribution in [0.15, 0.2) is 12.7 Å². The van der Waals surface area contributed by atoms with Gasteiger partial charge in [0.1, 0.15) is 6.10 Å². The molecular weight excluding hydrogens is 152 g/mol. The first-order valence-corrected chi connectivity index (χ1v) is 4.64. The van der Waals surface area contributed by atoms with Crippen LogP contribution in [0.5, 0.6) is 0 Å². The van der Waals surface area contributed by atoms with Gasteiger partial charge in [-0.15, -0.1) is 6.58 Å². The van der Waals surface area contributed by atoms with E-state index in [9.17, 15) is 0 Å². The summed E-state index contributed by atoms with van der Waals surface area (Å²) in [4.78, 5) is 0. The van der Waals surface area contributed by atoms with E-state index in [1.165, 1.54) is 6.42 Å². The van der Waals surface area contributed by atoms with Crippen LogP contribution in [-0.4, -0.2) is 18.5 Å². The highest BCUT2D eigenvalue weighted by Gasteiger charge is 2.34. The number of hydrogen-bond donors (Lipinski definition) is 0. The van der Waals surface area contributed by atoms with Gasteiger partial charge in [-0.25, -0.2) is 0 Å². The van der Waals surface area contributed by atoms with Crippen molar-refractivity contribution in [2.24, 2.45) is 0 Å². The van der Waals surface area contributed by atoms with E-state index in [0.29, 0.717) is 6.61 Å². The van der Waals surface area contributed by atoms with E-state index < -0.39 is 0 Å². The summed E-state index contributed by atoms with van der Waals surface area (Å²) in [6, 6.07) is 0. The van der Waals surface area contributed by atoms with Crippen LogP contribution in [-0.2, 0) is 9.47 Å². The monoisotopic (exact) mass is 170 g/mol. The van der Waals surface area contributed by atoms with Crippen molar-refractivity contribution in [3.63, 3.8) is 0 Å². The average Bonchev–Trinajstić information content (AvgIpc) is 2.45. The van der Waals surface area contributed by atoms with Gasteiger partial charge in [0.25, 0.3) is 0 Å². The standard InChI is InChI=1S/C10H18O2/c1-4-6-7-10(3)11-8-9(5-2)12-10/h5,9H,2,4,6-8H2,1,3H3/t9?,10-/m1/s1. The minimum atomic E-state index is -0.352. The largest absolute Gasteiger partial charge is 0.347 e. The van der Waals surface area contributed by atoms with E-state index >= 15 is 0 Å². The van der Waals surface area contributed by atoms with Gasteiger partial charge in [-0.05, 0) is 13.3 Å². The zero-order valence-corrected chi connectivity index (χ0v) is 8.01. The Bertz CT molecular complexity index is 156. The molecule has 1 saturated heterocycles. The van der Waals surface area contributed by atoms with Crippen LogP contribution in [0.2, 0.25) is 0 Å². The van der Waals surface area contributed by atoms with Crippen LogP contribution in [0, 0.1) is 0 Å². The molecule has 0 aromatic carbocycles. The second-order valence-electron chi connectivity index (χ2n) is 3.44. The smallest absolute Gasteiger partial charge is 0.166 e. The molecule has 2 heteroatoms. The molecule has 0 saturated carbocycles. The molecule has 1 aliphatic rings. The lowest BCUT2D eigenvalue weighted by Gasteiger charge is -2.22. The first kappa shape index (κ1) is 9.75. The van der Waals surface area contributed by atoms with E-state index in [2.05, 4.69) is 13.5 Å². The van der Waals surface area contributed by atoms with Crippen LogP contribution in [0.1, 0.15) is 33.1 Å². The molecule has 1 fully saturated rings. The predicted molar refractivity (Wildman–Crippen MR) is 49.0 cm³/mol. The van der Waals surface area contributed by atoms with Crippen LogP contribution >= 0.6 is 0 Å². The van der Waals surface area contributed by atoms with E-state index in [1.807, 2.05) is 6.92 Å². The molecule has 0 spiro atoms. The Kier molecular flexibility index (Phi) is 3.29. The maximum Gasteiger partial charge on any atom is 0.166 e. The van der Waals surface area contributed by atoms with Gasteiger partial charge in [-0.3, -0.25) is 0 Å². The molecule has 12 heavy (non-hydrogen) atoms. The van der Waals surface area contributed by atoms with Crippen molar-refractivity contribution in [3.8, 4) is 0 Å². The molecule has 0 aromatic rings. The van der Waals surface area contributed by atoms with Gasteiger partial charge in [0.2, 0.25) is 0 Å². The molecule has 70 valence electrons. The lowest BCUT2D eigenvalue weighted by molar-refractivity contribution is -0.154. The van der Waals surface area contributed by atoms with Gasteiger partial charge in [-0.2, -0.15) is 0 Å². The van der Waals surface area contributed by atoms with E-state index in [4.69, 9.17) is 9.47 Å². The van der Waals surface area contributed by atoms with Gasteiger partial charge < -0.3 is 9.47 Å². The van der Waals surface area contributed by atoms with Gasteiger partial charge in [0, 0.05) is 6.42 Å². The molecular formula is C10H18O2. The molecule has 1 unspecified atom stereocenters. The Labute approximate surface area is 74.6 Å². The van der Waals surface area contributed by atoms with Crippen molar-refractivity contribution in [2.45, 2.75) is 45.0 Å². The van der Waals surface area contributed by atoms with Crippen LogP contribution < -0.4 is 0 Å². The summed E-state index contributed by atoms with van der Waals surface area (Å²) in [5.41, 5.74) is 0. The van der Waals surface area contributed by atoms with Gasteiger partial charge in [0.05, 0.1) is 6.61 Å². The molecule has 2 nitrogen and oxygen atoms in total. The van der Waals surface area contributed by atoms with E-state index in [-0.39, 0.29) is 11.9 Å². The fourth-order valence-corrected chi connectivity index (χ4v) is 1.39. The Morgan fingerprint density at radius 3 is 2.92 bits per heavy atom. The Hall–Kier alpha value is -0.340. The Morgan fingerprint density at radius 1 is 1.67 bits per heavy atom. The maximum atomic E-state index is 5.66. The van der Waals surface area contributed by atoms with E-state index in [1.54, 1.807) is 6.08 Å². The van der Waals surface area contributed by atoms with E-state index in [0.717, 1.165) is 12.8 Å². The normalized spacial score (nSPS) is 35.3. The first-order chi connectivity index (χ1) is 5.70. The lowest BCUT2D eigenvalue weighted by Crippen LogP contribution is -2.26. The zero-order valence-electron chi connectivity index (χ0n) is 8.01. The third-order valence-electron chi connectivity index (χ3n) is 2.20. The number of unbranched alkanes of at least 4 members (excludes halogenated alkanes) is 1. The second kappa shape index (κ2) is 4.06. The molecule has 2 atom stereocenters. The topological polar surface area (TPSA) is 18.5 Å². The number of ether oxygens (including phenoxy) is 2. The lowest BCUT2D eigenvalue weighted by atomic mass is 10.1. The quantitative estimate of drug-likeness (QED) is 0.603. The van der Waals surface area contributed by atoms with Crippen LogP contribution in [0.25, 0.3) is 0 Å². The molecule has 1 rings (SSSR count). The molecule has 1 aliphatic heterocycles. The Morgan fingerprint density at radius 2 is 2.42 bits per heavy atom. The second-order valence-corrected chi connectivity index (χ2v) is 3.44. The SMILES string of the molecule is C=CC1CO[C@@](C)(CCCC)O1. The van der Waals surface area contributed by atoms with Gasteiger partial charge in [-0.1, -0.05) is 19.4 Å². The van der Waals surface area contributed by atoms with Gasteiger partial charge in [0.15, 0.2) is 5.79 Å². The van der Waals surface area contributed by atoms with Crippen molar-refractivity contribution >= 4 is 0 Å². The summed E-state index contributed by atoms with van der Waals surface area (Å²) >= 11 is 0. The fraction of sp³-hybridized carbons (Fsp3) is 0.800. The van der Waals surface area contributed by atoms with Crippen molar-refractivity contribution < 1.29 is 9.47 Å². The summed E-state index contributed by atoms with van der Waals surface area (Å²) < 4.78 is 11.2. The fourth-order valence-electron chi connectivity index (χ4n) is 1.39. The molecule has 0 amide bonds. The van der Waals surface area contributed by atoms with Crippen LogP contribution in [0.3, 0.4) is 0 Å². The summed E-state index contributed by atoms with van der Waals surface area (Å²) in [5.74, 6) is -0.352. The summed E-state index contributed by atoms with van der Waals surface area (Å²) in [6.45, 7) is 8.52. The Balaban J connectivity index is 2.35. The molecule has 0 aromatic heterocycles. The zero-order chi connectivity index (χ0) is 9.03. The molecule has 1 heterocycles. The first-order valence-electron chi connectivity index (χ1n) is 4.64. The van der Waals surface area contributed by atoms with Crippen molar-refractivity contribution in [2.75, 3.05) is 6.61 Å². The third-order valence-corrected chi connectivity index (χ3v) is 2.20. The predicted octanol–water partition coefficient (Wildman–Crippen LogP) is 2.49. The molecule has 0 N–H and O–H groups in total. The molecule has 0 radical (unpaired) electrons. The third kappa shape index (κ3) is 2.32. The highest BCUT2D eigenvalue weighted by atomic mass is 16.7. The summed E-state index contributed by atoms with van der Waals surface area (Å²) in [5, 5.41) is 0. The molecule has 0 bridgehead atoms. The number of rotatable bonds is 4. The van der Waals surface area contributed by atoms with Crippen LogP contribution in [0.4, 0.5) is 0 Å². The highest BCUT2D eigenvalue weighted by molar-refractivity contribution is 4.86. The minimum absolute atomic E-state index is 0.0897. The summed E-state index contributed by atoms with van der Waals surface area (Å²) in [7, 11) is 0. The van der Waals surface area contributed by atoms with Crippen molar-refractivity contribution in [1.82, 2.24) is 0 Å². The average molecular weight is 170 g/mol. The van der Waals surface area contributed by atoms with Crippen molar-refractivity contribution in [1.29, 1.82) is 0 Å². The van der Waals surface area contributed by atoms with Crippen molar-refractivity contribution in [3.05, 3.63) is 12.7 Å². The van der Waals surface area contributed by atoms with Gasteiger partial charge >= 0.3 is 0 Å². The molecule has 0 aliphatic carbocycles. The summed E-state index contributed by atoms with van der Waals surface area (Å²) in [6.07, 6.45) is 5.21.